The van der Waals surface area contributed by atoms with Crippen molar-refractivity contribution in [2.75, 3.05) is 13.3 Å². The molecule has 0 bridgehead atoms. The quantitative estimate of drug-likeness (QED) is 0.541. The molecular formula is C21H18N2O5. The normalized spacial score (nSPS) is 12.9. The van der Waals surface area contributed by atoms with E-state index in [1.54, 1.807) is 6.07 Å². The molecule has 1 aliphatic rings. The molecule has 0 saturated carbocycles. The average molecular weight is 378 g/mol. The molecule has 4 heterocycles. The first-order chi connectivity index (χ1) is 13.6. The zero-order chi connectivity index (χ0) is 19.3. The molecule has 0 aliphatic carbocycles. The summed E-state index contributed by atoms with van der Waals surface area (Å²) in [5.41, 5.74) is 3.18. The minimum Gasteiger partial charge on any atom is -0.454 e. The van der Waals surface area contributed by atoms with Crippen LogP contribution in [-0.4, -0.2) is 18.3 Å². The van der Waals surface area contributed by atoms with Crippen molar-refractivity contribution in [3.8, 4) is 22.8 Å². The molecule has 0 unspecified atom stereocenters. The molecule has 0 spiro atoms. The molecule has 4 aromatic rings. The Labute approximate surface area is 159 Å². The van der Waals surface area contributed by atoms with Gasteiger partial charge in [-0.3, -0.25) is 4.98 Å². The van der Waals surface area contributed by atoms with Crippen LogP contribution in [-0.2, 0) is 6.54 Å². The number of aryl methyl sites for hydroxylation is 1. The van der Waals surface area contributed by atoms with Crippen molar-refractivity contribution in [1.29, 1.82) is 0 Å². The van der Waals surface area contributed by atoms with Gasteiger partial charge in [0.2, 0.25) is 6.79 Å². The molecule has 1 aliphatic heterocycles. The number of nitrogens with zero attached hydrogens (tertiary/aromatic N) is 1. The van der Waals surface area contributed by atoms with E-state index < -0.39 is 5.63 Å². The SMILES string of the molecule is CCNCc1cnc(C)c2oc(-c3cc(=O)oc4cc5c(cc34)OCO5)cc12. The maximum atomic E-state index is 12.2. The number of hydrogen-bond donors (Lipinski definition) is 1. The molecule has 142 valence electrons. The zero-order valence-corrected chi connectivity index (χ0v) is 15.5. The van der Waals surface area contributed by atoms with Crippen molar-refractivity contribution >= 4 is 21.9 Å². The first-order valence-electron chi connectivity index (χ1n) is 9.10. The maximum Gasteiger partial charge on any atom is 0.336 e. The van der Waals surface area contributed by atoms with Crippen LogP contribution in [0.3, 0.4) is 0 Å². The van der Waals surface area contributed by atoms with E-state index in [0.29, 0.717) is 40.5 Å². The molecule has 1 aromatic carbocycles. The predicted molar refractivity (Wildman–Crippen MR) is 104 cm³/mol. The summed E-state index contributed by atoms with van der Waals surface area (Å²) in [6, 6.07) is 6.88. The lowest BCUT2D eigenvalue weighted by Gasteiger charge is -2.04. The number of pyridine rings is 1. The first kappa shape index (κ1) is 16.8. The van der Waals surface area contributed by atoms with Gasteiger partial charge in [-0.25, -0.2) is 4.79 Å². The van der Waals surface area contributed by atoms with Crippen molar-refractivity contribution in [2.45, 2.75) is 20.4 Å². The second-order valence-electron chi connectivity index (χ2n) is 6.68. The zero-order valence-electron chi connectivity index (χ0n) is 15.5. The van der Waals surface area contributed by atoms with Gasteiger partial charge in [0.15, 0.2) is 17.1 Å². The number of nitrogens with one attached hydrogen (secondary N) is 1. The third-order valence-corrected chi connectivity index (χ3v) is 4.89. The number of rotatable bonds is 4. The highest BCUT2D eigenvalue weighted by molar-refractivity contribution is 5.97. The third-order valence-electron chi connectivity index (χ3n) is 4.89. The maximum absolute atomic E-state index is 12.2. The van der Waals surface area contributed by atoms with Crippen LogP contribution in [0.5, 0.6) is 11.5 Å². The topological polar surface area (TPSA) is 86.7 Å². The Morgan fingerprint density at radius 2 is 1.89 bits per heavy atom. The summed E-state index contributed by atoms with van der Waals surface area (Å²) in [6.45, 7) is 5.66. The van der Waals surface area contributed by atoms with E-state index in [1.807, 2.05) is 25.3 Å². The smallest absolute Gasteiger partial charge is 0.336 e. The molecule has 7 nitrogen and oxygen atoms in total. The number of furan rings is 1. The summed E-state index contributed by atoms with van der Waals surface area (Å²) in [7, 11) is 0. The molecule has 0 fully saturated rings. The van der Waals surface area contributed by atoms with Crippen molar-refractivity contribution in [3.05, 3.63) is 52.1 Å². The third kappa shape index (κ3) is 2.63. The lowest BCUT2D eigenvalue weighted by Crippen LogP contribution is -2.12. The van der Waals surface area contributed by atoms with E-state index in [-0.39, 0.29) is 6.79 Å². The average Bonchev–Trinajstić information content (AvgIpc) is 3.32. The summed E-state index contributed by atoms with van der Waals surface area (Å²) >= 11 is 0. The molecule has 1 N–H and O–H groups in total. The summed E-state index contributed by atoms with van der Waals surface area (Å²) in [6.07, 6.45) is 1.86. The highest BCUT2D eigenvalue weighted by Crippen LogP contribution is 2.40. The molecule has 0 atom stereocenters. The second kappa shape index (κ2) is 6.38. The van der Waals surface area contributed by atoms with Crippen LogP contribution in [0.25, 0.3) is 33.3 Å². The molecule has 5 rings (SSSR count). The van der Waals surface area contributed by atoms with Gasteiger partial charge < -0.3 is 23.6 Å². The van der Waals surface area contributed by atoms with Crippen LogP contribution >= 0.6 is 0 Å². The van der Waals surface area contributed by atoms with Crippen LogP contribution < -0.4 is 20.4 Å². The predicted octanol–water partition coefficient (Wildman–Crippen LogP) is 3.75. The van der Waals surface area contributed by atoms with E-state index in [1.165, 1.54) is 6.07 Å². The minimum atomic E-state index is -0.454. The Morgan fingerprint density at radius 3 is 2.71 bits per heavy atom. The molecule has 0 saturated heterocycles. The molecule has 7 heteroatoms. The Hall–Kier alpha value is -3.32. The van der Waals surface area contributed by atoms with Crippen LogP contribution in [0, 0.1) is 6.92 Å². The van der Waals surface area contributed by atoms with E-state index in [0.717, 1.165) is 28.6 Å². The second-order valence-corrected chi connectivity index (χ2v) is 6.68. The molecule has 0 amide bonds. The van der Waals surface area contributed by atoms with Gasteiger partial charge >= 0.3 is 5.63 Å². The molecular weight excluding hydrogens is 360 g/mol. The Balaban J connectivity index is 1.75. The van der Waals surface area contributed by atoms with Gasteiger partial charge in [0.25, 0.3) is 0 Å². The Kier molecular flexibility index (Phi) is 3.84. The monoisotopic (exact) mass is 378 g/mol. The number of ether oxygens (including phenoxy) is 2. The summed E-state index contributed by atoms with van der Waals surface area (Å²) in [4.78, 5) is 16.6. The lowest BCUT2D eigenvalue weighted by molar-refractivity contribution is 0.174. The number of benzene rings is 1. The van der Waals surface area contributed by atoms with Crippen molar-refractivity contribution < 1.29 is 18.3 Å². The fraction of sp³-hybridized carbons (Fsp3) is 0.238. The molecule has 0 radical (unpaired) electrons. The van der Waals surface area contributed by atoms with Crippen LogP contribution in [0.2, 0.25) is 0 Å². The largest absolute Gasteiger partial charge is 0.454 e. The van der Waals surface area contributed by atoms with Crippen LogP contribution in [0.15, 0.2) is 44.1 Å². The lowest BCUT2D eigenvalue weighted by atomic mass is 10.1. The summed E-state index contributed by atoms with van der Waals surface area (Å²) < 4.78 is 22.4. The van der Waals surface area contributed by atoms with Gasteiger partial charge in [-0.05, 0) is 31.2 Å². The van der Waals surface area contributed by atoms with Gasteiger partial charge in [-0.15, -0.1) is 0 Å². The van der Waals surface area contributed by atoms with Gasteiger partial charge in [0.1, 0.15) is 11.3 Å². The highest BCUT2D eigenvalue weighted by Gasteiger charge is 2.20. The Bertz CT molecular complexity index is 1270. The summed E-state index contributed by atoms with van der Waals surface area (Å²) in [5, 5.41) is 5.02. The van der Waals surface area contributed by atoms with Crippen LogP contribution in [0.1, 0.15) is 18.2 Å². The number of aromatic nitrogens is 1. The number of fused-ring (bicyclic) bond motifs is 3. The Morgan fingerprint density at radius 1 is 1.07 bits per heavy atom. The van der Waals surface area contributed by atoms with E-state index in [9.17, 15) is 4.79 Å². The van der Waals surface area contributed by atoms with Crippen molar-refractivity contribution in [3.63, 3.8) is 0 Å². The first-order valence-corrected chi connectivity index (χ1v) is 9.10. The van der Waals surface area contributed by atoms with Crippen LogP contribution in [0.4, 0.5) is 0 Å². The minimum absolute atomic E-state index is 0.147. The fourth-order valence-corrected chi connectivity index (χ4v) is 3.49. The molecule has 3 aromatic heterocycles. The van der Waals surface area contributed by atoms with Gasteiger partial charge in [0.05, 0.1) is 5.69 Å². The summed E-state index contributed by atoms with van der Waals surface area (Å²) in [5.74, 6) is 1.76. The van der Waals surface area contributed by atoms with Gasteiger partial charge in [0, 0.05) is 41.2 Å². The van der Waals surface area contributed by atoms with Gasteiger partial charge in [-0.1, -0.05) is 6.92 Å². The molecule has 28 heavy (non-hydrogen) atoms. The van der Waals surface area contributed by atoms with E-state index >= 15 is 0 Å². The van der Waals surface area contributed by atoms with Gasteiger partial charge in [-0.2, -0.15) is 0 Å². The standard InChI is InChI=1S/C21H18N2O5/c1-3-22-8-12-9-23-11(2)21-13(12)4-16(28-21)15-6-20(24)27-17-7-19-18(5-14(15)17)25-10-26-19/h4-7,9,22H,3,8,10H2,1-2H3. The van der Waals surface area contributed by atoms with Crippen molar-refractivity contribution in [2.24, 2.45) is 0 Å². The van der Waals surface area contributed by atoms with E-state index in [2.05, 4.69) is 17.2 Å². The van der Waals surface area contributed by atoms with E-state index in [4.69, 9.17) is 18.3 Å². The van der Waals surface area contributed by atoms with Crippen molar-refractivity contribution in [1.82, 2.24) is 10.3 Å². The number of hydrogen-bond acceptors (Lipinski definition) is 7. The fourth-order valence-electron chi connectivity index (χ4n) is 3.49. The highest BCUT2D eigenvalue weighted by atomic mass is 16.7.